The third-order valence-corrected chi connectivity index (χ3v) is 5.85. The molecule has 32 heavy (non-hydrogen) atoms. The van der Waals surface area contributed by atoms with E-state index < -0.39 is 30.3 Å². The van der Waals surface area contributed by atoms with Crippen LogP contribution in [0.5, 0.6) is 0 Å². The number of aromatic nitrogens is 2. The zero-order chi connectivity index (χ0) is 23.0. The second-order valence-corrected chi connectivity index (χ2v) is 8.57. The highest BCUT2D eigenvalue weighted by molar-refractivity contribution is 9.10. The first-order chi connectivity index (χ1) is 15.1. The van der Waals surface area contributed by atoms with Crippen LogP contribution in [-0.4, -0.2) is 27.0 Å². The molecule has 2 heterocycles. The van der Waals surface area contributed by atoms with E-state index in [1.807, 2.05) is 0 Å². The minimum Gasteiger partial charge on any atom is -0.389 e. The van der Waals surface area contributed by atoms with Crippen LogP contribution in [0.25, 0.3) is 0 Å². The van der Waals surface area contributed by atoms with Crippen LogP contribution < -0.4 is 10.6 Å². The van der Waals surface area contributed by atoms with Crippen molar-refractivity contribution in [1.82, 2.24) is 9.78 Å². The van der Waals surface area contributed by atoms with Gasteiger partial charge in [0.05, 0.1) is 12.1 Å². The molecule has 0 saturated heterocycles. The summed E-state index contributed by atoms with van der Waals surface area (Å²) >= 11 is 3.32. The topological polar surface area (TPSA) is 79.2 Å². The number of rotatable bonds is 4. The molecule has 1 aliphatic rings. The molecule has 6 nitrogen and oxygen atoms in total. The summed E-state index contributed by atoms with van der Waals surface area (Å²) < 4.78 is 43.1. The number of carbonyl (C=O) groups is 1. The van der Waals surface area contributed by atoms with Crippen LogP contribution in [0.15, 0.2) is 59.1 Å². The fourth-order valence-electron chi connectivity index (χ4n) is 3.67. The molecule has 168 valence electrons. The lowest BCUT2D eigenvalue weighted by Gasteiger charge is -2.33. The predicted octanol–water partition coefficient (Wildman–Crippen LogP) is 5.61. The highest BCUT2D eigenvalue weighted by Gasteiger charge is 2.46. The van der Waals surface area contributed by atoms with Crippen molar-refractivity contribution in [2.24, 2.45) is 0 Å². The molecule has 1 aromatic heterocycles. The predicted molar refractivity (Wildman–Crippen MR) is 117 cm³/mol. The molecule has 1 aliphatic heterocycles. The number of nitrogens with zero attached hydrogens (tertiary/aromatic N) is 2. The summed E-state index contributed by atoms with van der Waals surface area (Å²) in [5.74, 6) is -0.521. The van der Waals surface area contributed by atoms with Crippen molar-refractivity contribution in [1.29, 1.82) is 0 Å². The lowest BCUT2D eigenvalue weighted by molar-refractivity contribution is -0.173. The van der Waals surface area contributed by atoms with Crippen molar-refractivity contribution in [3.05, 3.63) is 75.9 Å². The van der Waals surface area contributed by atoms with Gasteiger partial charge in [0.25, 0.3) is 5.91 Å². The summed E-state index contributed by atoms with van der Waals surface area (Å²) in [6, 6.07) is 12.5. The zero-order valence-corrected chi connectivity index (χ0v) is 18.5. The zero-order valence-electron chi connectivity index (χ0n) is 16.9. The minimum atomic E-state index is -4.53. The Morgan fingerprint density at radius 3 is 2.62 bits per heavy atom. The first-order valence-corrected chi connectivity index (χ1v) is 10.7. The number of fused-ring (bicyclic) bond motifs is 1. The Bertz CT molecular complexity index is 1130. The maximum absolute atomic E-state index is 13.8. The molecular formula is C22H20BrF3N4O2. The van der Waals surface area contributed by atoms with Crippen LogP contribution in [0.4, 0.5) is 24.7 Å². The van der Waals surface area contributed by atoms with Crippen LogP contribution in [0, 0.1) is 0 Å². The lowest BCUT2D eigenvalue weighted by atomic mass is 9.97. The molecule has 0 radical (unpaired) electrons. The van der Waals surface area contributed by atoms with Gasteiger partial charge in [-0.2, -0.15) is 18.3 Å². The second kappa shape index (κ2) is 8.59. The van der Waals surface area contributed by atoms with E-state index in [4.69, 9.17) is 0 Å². The molecule has 2 aromatic carbocycles. The molecule has 10 heteroatoms. The first kappa shape index (κ1) is 22.3. The van der Waals surface area contributed by atoms with Crippen molar-refractivity contribution in [2.45, 2.75) is 37.7 Å². The van der Waals surface area contributed by atoms with Gasteiger partial charge in [-0.25, -0.2) is 4.68 Å². The van der Waals surface area contributed by atoms with Crippen molar-refractivity contribution in [3.63, 3.8) is 0 Å². The van der Waals surface area contributed by atoms with E-state index in [9.17, 15) is 23.1 Å². The Morgan fingerprint density at radius 1 is 1.25 bits per heavy atom. The van der Waals surface area contributed by atoms with Crippen LogP contribution in [0.1, 0.15) is 53.1 Å². The Labute approximate surface area is 190 Å². The fraction of sp³-hybridized carbons (Fsp3) is 0.273. The summed E-state index contributed by atoms with van der Waals surface area (Å²) in [7, 11) is 0. The monoisotopic (exact) mass is 508 g/mol. The number of aliphatic hydroxyl groups excluding tert-OH is 1. The third-order valence-electron chi connectivity index (χ3n) is 5.32. The van der Waals surface area contributed by atoms with Crippen LogP contribution in [0.2, 0.25) is 0 Å². The maximum atomic E-state index is 13.8. The number of aliphatic hydroxyl groups is 1. The van der Waals surface area contributed by atoms with Gasteiger partial charge >= 0.3 is 6.18 Å². The van der Waals surface area contributed by atoms with E-state index in [-0.39, 0.29) is 17.9 Å². The summed E-state index contributed by atoms with van der Waals surface area (Å²) in [6.07, 6.45) is -5.51. The summed E-state index contributed by atoms with van der Waals surface area (Å²) in [6.45, 7) is 1.59. The van der Waals surface area contributed by atoms with Gasteiger partial charge in [0.15, 0.2) is 11.7 Å². The molecule has 4 rings (SSSR count). The lowest BCUT2D eigenvalue weighted by Crippen LogP contribution is -2.35. The van der Waals surface area contributed by atoms with E-state index in [2.05, 4.69) is 31.7 Å². The number of anilines is 2. The van der Waals surface area contributed by atoms with Crippen molar-refractivity contribution in [2.75, 3.05) is 10.6 Å². The number of benzene rings is 2. The average Bonchev–Trinajstić information content (AvgIpc) is 3.17. The van der Waals surface area contributed by atoms with E-state index in [1.165, 1.54) is 6.07 Å². The van der Waals surface area contributed by atoms with Crippen molar-refractivity contribution in [3.8, 4) is 0 Å². The van der Waals surface area contributed by atoms with Gasteiger partial charge in [0.1, 0.15) is 5.82 Å². The van der Waals surface area contributed by atoms with Gasteiger partial charge in [-0.3, -0.25) is 4.79 Å². The number of carbonyl (C=O) groups excluding carboxylic acids is 1. The van der Waals surface area contributed by atoms with Crippen molar-refractivity contribution < 1.29 is 23.1 Å². The summed E-state index contributed by atoms with van der Waals surface area (Å²) in [4.78, 5) is 12.7. The number of amides is 1. The molecule has 0 bridgehead atoms. The molecular weight excluding hydrogens is 489 g/mol. The van der Waals surface area contributed by atoms with Crippen LogP contribution in [-0.2, 0) is 0 Å². The van der Waals surface area contributed by atoms with Gasteiger partial charge in [-0.05, 0) is 42.3 Å². The van der Waals surface area contributed by atoms with Gasteiger partial charge < -0.3 is 15.7 Å². The Hall–Kier alpha value is -2.85. The van der Waals surface area contributed by atoms with Crippen LogP contribution in [0.3, 0.4) is 0 Å². The maximum Gasteiger partial charge on any atom is 0.410 e. The molecule has 3 aromatic rings. The molecule has 0 spiro atoms. The van der Waals surface area contributed by atoms with Gasteiger partial charge in [-0.15, -0.1) is 0 Å². The quantitative estimate of drug-likeness (QED) is 0.427. The van der Waals surface area contributed by atoms with Gasteiger partial charge in [-0.1, -0.05) is 40.2 Å². The standard InChI is InChI=1S/C22H20BrF3N4O2/c1-12(31)14-3-2-4-16(9-14)27-21(32)18-11-20-28-17(13-5-7-15(23)8-6-13)10-19(22(24,25)26)30(20)29-18/h2-9,11-12,17,19,28,31H,10H2,1H3,(H,27,32)/t12-,17+,19+/m0/s1. The minimum absolute atomic E-state index is 0.120. The SMILES string of the molecule is C[C@H](O)c1cccc(NC(=O)c2cc3n(n2)[C@@H](C(F)(F)F)C[C@H](c2ccc(Br)cc2)N3)c1. The summed E-state index contributed by atoms with van der Waals surface area (Å²) in [5.41, 5.74) is 1.58. The van der Waals surface area contributed by atoms with Gasteiger partial charge in [0, 0.05) is 22.6 Å². The van der Waals surface area contributed by atoms with E-state index >= 15 is 0 Å². The number of hydrogen-bond donors (Lipinski definition) is 3. The molecule has 0 fully saturated rings. The van der Waals surface area contributed by atoms with Crippen LogP contribution >= 0.6 is 15.9 Å². The molecule has 1 amide bonds. The first-order valence-electron chi connectivity index (χ1n) is 9.89. The largest absolute Gasteiger partial charge is 0.410 e. The number of nitrogens with one attached hydrogen (secondary N) is 2. The Balaban J connectivity index is 1.62. The summed E-state index contributed by atoms with van der Waals surface area (Å²) in [5, 5.41) is 19.4. The Morgan fingerprint density at radius 2 is 1.97 bits per heavy atom. The fourth-order valence-corrected chi connectivity index (χ4v) is 3.93. The highest BCUT2D eigenvalue weighted by Crippen LogP contribution is 2.43. The smallest absolute Gasteiger partial charge is 0.389 e. The van der Waals surface area contributed by atoms with Gasteiger partial charge in [0.2, 0.25) is 0 Å². The van der Waals surface area contributed by atoms with Crippen molar-refractivity contribution >= 4 is 33.3 Å². The second-order valence-electron chi connectivity index (χ2n) is 7.66. The third kappa shape index (κ3) is 4.66. The number of alkyl halides is 3. The van der Waals surface area contributed by atoms with E-state index in [0.717, 1.165) is 9.15 Å². The van der Waals surface area contributed by atoms with E-state index in [0.29, 0.717) is 16.8 Å². The highest BCUT2D eigenvalue weighted by atomic mass is 79.9. The molecule has 0 saturated carbocycles. The Kier molecular flexibility index (Phi) is 6.00. The average molecular weight is 509 g/mol. The molecule has 0 aliphatic carbocycles. The number of halogens is 4. The molecule has 3 N–H and O–H groups in total. The molecule has 0 unspecified atom stereocenters. The van der Waals surface area contributed by atoms with E-state index in [1.54, 1.807) is 55.5 Å². The normalized spacial score (nSPS) is 19.1. The molecule has 3 atom stereocenters. The number of hydrogen-bond acceptors (Lipinski definition) is 4.